The average molecular weight is 138 g/mol. The quantitative estimate of drug-likeness (QED) is 0.518. The first-order valence-electron chi connectivity index (χ1n) is 1.91. The summed E-state index contributed by atoms with van der Waals surface area (Å²) in [5.74, 6) is 0. The van der Waals surface area contributed by atoms with Gasteiger partial charge in [-0.25, -0.2) is 0 Å². The number of rotatable bonds is 1. The Hall–Kier alpha value is 2.52. The fourth-order valence-electron chi connectivity index (χ4n) is 0. The first kappa shape index (κ1) is 15.8. The summed E-state index contributed by atoms with van der Waals surface area (Å²) in [7, 11) is 0. The van der Waals surface area contributed by atoms with Crippen LogP contribution in [0.5, 0.6) is 0 Å². The van der Waals surface area contributed by atoms with Gasteiger partial charge in [0.15, 0.2) is 0 Å². The number of unbranched alkanes of at least 4 members (excludes halogenated alkanes) is 1. The molecule has 0 amide bonds. The van der Waals surface area contributed by atoms with Crippen molar-refractivity contribution in [3.8, 4) is 0 Å². The predicted octanol–water partition coefficient (Wildman–Crippen LogP) is 1.81. The van der Waals surface area contributed by atoms with E-state index in [-0.39, 0.29) is 75.5 Å². The summed E-state index contributed by atoms with van der Waals surface area (Å²) < 4.78 is 0. The van der Waals surface area contributed by atoms with Crippen LogP contribution in [0.4, 0.5) is 0 Å². The molecule has 0 atom stereocenters. The van der Waals surface area contributed by atoms with Gasteiger partial charge >= 0.3 is 0 Å². The van der Waals surface area contributed by atoms with Crippen molar-refractivity contribution in [1.29, 1.82) is 0 Å². The zero-order chi connectivity index (χ0) is 3.41. The fourth-order valence-corrected chi connectivity index (χ4v) is 0. The van der Waals surface area contributed by atoms with Crippen LogP contribution in [0.15, 0.2) is 0 Å². The molecular weight excluding hydrogens is 128 g/mol. The summed E-state index contributed by atoms with van der Waals surface area (Å²) >= 11 is 0. The van der Waals surface area contributed by atoms with Crippen LogP contribution >= 0.6 is 0 Å². The average Bonchev–Trinajstić information content (AvgIpc) is 1.37. The van der Waals surface area contributed by atoms with Crippen LogP contribution in [-0.2, 0) is 0 Å². The summed E-state index contributed by atoms with van der Waals surface area (Å²) in [6.07, 6.45) is 2.64. The van der Waals surface area contributed by atoms with Gasteiger partial charge in [-0.15, -0.1) is 0 Å². The summed E-state index contributed by atoms with van der Waals surface area (Å²) in [6, 6.07) is 0. The van der Waals surface area contributed by atoms with Crippen LogP contribution in [-0.4, -0.2) is 0 Å². The topological polar surface area (TPSA) is 0 Å². The molecule has 0 saturated carbocycles. The molecule has 0 fully saturated rings. The Bertz CT molecular complexity index is 7.51. The second kappa shape index (κ2) is 15.6. The predicted molar refractivity (Wildman–Crippen MR) is 20.6 cm³/mol. The maximum atomic E-state index is 2.18. The van der Waals surface area contributed by atoms with Gasteiger partial charge in [0.05, 0.1) is 0 Å². The molecule has 0 heterocycles. The van der Waals surface area contributed by atoms with E-state index in [1.165, 1.54) is 12.8 Å². The van der Waals surface area contributed by atoms with Gasteiger partial charge in [-0.2, -0.15) is 0 Å². The molecular formula is C4H10Ar2. The third kappa shape index (κ3) is 16.0. The van der Waals surface area contributed by atoms with E-state index in [9.17, 15) is 0 Å². The molecule has 0 aromatic rings. The maximum absolute atomic E-state index is 2.18. The Kier molecular flexibility index (Phi) is 41.2. The molecule has 6 heavy (non-hydrogen) atoms. The van der Waals surface area contributed by atoms with Crippen molar-refractivity contribution in [3.63, 3.8) is 0 Å². The smallest absolute Gasteiger partial charge is 0 e. The minimum Gasteiger partial charge on any atom is -0.0654 e. The van der Waals surface area contributed by atoms with Crippen LogP contribution in [0, 0.1) is 75.5 Å². The van der Waals surface area contributed by atoms with Crippen LogP contribution in [0.2, 0.25) is 0 Å². The molecule has 0 saturated heterocycles. The van der Waals surface area contributed by atoms with Crippen molar-refractivity contribution >= 4 is 0 Å². The van der Waals surface area contributed by atoms with E-state index in [1.54, 1.807) is 0 Å². The molecule has 2 heteroatoms. The Morgan fingerprint density at radius 2 is 1.00 bits per heavy atom. The van der Waals surface area contributed by atoms with E-state index in [0.29, 0.717) is 0 Å². The van der Waals surface area contributed by atoms with E-state index in [4.69, 9.17) is 0 Å². The van der Waals surface area contributed by atoms with E-state index in [2.05, 4.69) is 13.8 Å². The van der Waals surface area contributed by atoms with Gasteiger partial charge in [0.25, 0.3) is 0 Å². The minimum atomic E-state index is 0. The van der Waals surface area contributed by atoms with Gasteiger partial charge in [0.1, 0.15) is 0 Å². The van der Waals surface area contributed by atoms with Crippen LogP contribution < -0.4 is 0 Å². The van der Waals surface area contributed by atoms with Gasteiger partial charge < -0.3 is 0 Å². The summed E-state index contributed by atoms with van der Waals surface area (Å²) in [6.45, 7) is 4.36. The molecule has 0 bridgehead atoms. The molecule has 0 aliphatic carbocycles. The molecule has 0 aromatic carbocycles. The summed E-state index contributed by atoms with van der Waals surface area (Å²) in [5, 5.41) is 0. The van der Waals surface area contributed by atoms with E-state index in [1.807, 2.05) is 0 Å². The van der Waals surface area contributed by atoms with Crippen LogP contribution in [0.1, 0.15) is 26.7 Å². The Labute approximate surface area is 100 Å². The molecule has 0 aliphatic heterocycles. The summed E-state index contributed by atoms with van der Waals surface area (Å²) in [4.78, 5) is 0. The Balaban J connectivity index is -0.0000000450. The number of hydrogen-bond acceptors (Lipinski definition) is 0. The van der Waals surface area contributed by atoms with Crippen molar-refractivity contribution in [2.45, 2.75) is 26.7 Å². The zero-order valence-electron chi connectivity index (χ0n) is 4.12. The molecule has 0 unspecified atom stereocenters. The standard InChI is InChI=1S/C4H10.2Ar/c1-3-4-2;;/h3-4H2,1-2H3;;. The first-order valence-corrected chi connectivity index (χ1v) is 1.91. The van der Waals surface area contributed by atoms with Crippen LogP contribution in [0.3, 0.4) is 0 Å². The minimum absolute atomic E-state index is 0. The fraction of sp³-hybridized carbons (Fsp3) is 1.00. The zero-order valence-corrected chi connectivity index (χ0v) is 5.54. The third-order valence-electron chi connectivity index (χ3n) is 0.500. The van der Waals surface area contributed by atoms with Gasteiger partial charge in [0.2, 0.25) is 0 Å². The molecule has 0 nitrogen and oxygen atoms in total. The van der Waals surface area contributed by atoms with Gasteiger partial charge in [0, 0.05) is 75.5 Å². The van der Waals surface area contributed by atoms with Gasteiger partial charge in [-0.1, -0.05) is 26.7 Å². The summed E-state index contributed by atoms with van der Waals surface area (Å²) in [5.41, 5.74) is 0. The largest absolute Gasteiger partial charge is 0.0654 e. The second-order valence-corrected chi connectivity index (χ2v) is 1.000. The molecule has 0 radical (unpaired) electrons. The van der Waals surface area contributed by atoms with Crippen molar-refractivity contribution in [2.24, 2.45) is 0 Å². The number of hydrogen-bond donors (Lipinski definition) is 0. The van der Waals surface area contributed by atoms with Crippen molar-refractivity contribution in [2.75, 3.05) is 0 Å². The maximum Gasteiger partial charge on any atom is 0 e. The van der Waals surface area contributed by atoms with E-state index in [0.717, 1.165) is 0 Å². The monoisotopic (exact) mass is 138 g/mol. The third-order valence-corrected chi connectivity index (χ3v) is 0.500. The molecule has 0 spiro atoms. The molecule has 0 N–H and O–H groups in total. The molecule has 42 valence electrons. The van der Waals surface area contributed by atoms with Gasteiger partial charge in [-0.3, -0.25) is 0 Å². The SMILES string of the molecule is CCCC.[Ar].[Ar]. The first-order chi connectivity index (χ1) is 1.91. The molecule has 0 aliphatic rings. The normalized spacial score (nSPS) is 5.00. The second-order valence-electron chi connectivity index (χ2n) is 1.000. The van der Waals surface area contributed by atoms with Gasteiger partial charge in [-0.05, 0) is 0 Å². The Morgan fingerprint density at radius 3 is 1.00 bits per heavy atom. The molecule has 0 aromatic heterocycles. The van der Waals surface area contributed by atoms with Crippen molar-refractivity contribution < 1.29 is 75.5 Å². The molecule has 0 rings (SSSR count). The Morgan fingerprint density at radius 1 is 0.833 bits per heavy atom. The van der Waals surface area contributed by atoms with Crippen LogP contribution in [0.25, 0.3) is 0 Å². The van der Waals surface area contributed by atoms with Crippen molar-refractivity contribution in [1.82, 2.24) is 0 Å². The van der Waals surface area contributed by atoms with Crippen molar-refractivity contribution in [3.05, 3.63) is 0 Å². The van der Waals surface area contributed by atoms with E-state index < -0.39 is 0 Å². The van der Waals surface area contributed by atoms with E-state index >= 15 is 0 Å².